The Kier molecular flexibility index (Phi) is 4.83. The molecule has 0 bridgehead atoms. The molecule has 0 radical (unpaired) electrons. The van der Waals surface area contributed by atoms with Gasteiger partial charge in [-0.1, -0.05) is 0 Å². The molecule has 2 saturated heterocycles. The van der Waals surface area contributed by atoms with Gasteiger partial charge < -0.3 is 29.7 Å². The van der Waals surface area contributed by atoms with Crippen molar-refractivity contribution in [2.75, 3.05) is 37.8 Å². The molecule has 8 nitrogen and oxygen atoms in total. The van der Waals surface area contributed by atoms with Crippen LogP contribution in [0, 0.1) is 0 Å². The van der Waals surface area contributed by atoms with E-state index in [1.54, 1.807) is 4.90 Å². The summed E-state index contributed by atoms with van der Waals surface area (Å²) >= 11 is 0. The van der Waals surface area contributed by atoms with Gasteiger partial charge in [0.15, 0.2) is 11.5 Å². The van der Waals surface area contributed by atoms with Gasteiger partial charge in [0.05, 0.1) is 12.1 Å². The quantitative estimate of drug-likeness (QED) is 0.837. The molecule has 26 heavy (non-hydrogen) atoms. The third kappa shape index (κ3) is 3.70. The molecule has 0 aliphatic carbocycles. The molecule has 3 aliphatic heterocycles. The Bertz CT molecular complexity index is 689. The highest BCUT2D eigenvalue weighted by atomic mass is 16.6. The molecule has 3 aliphatic rings. The summed E-state index contributed by atoms with van der Waals surface area (Å²) < 4.78 is 16.6. The van der Waals surface area contributed by atoms with Crippen molar-refractivity contribution in [1.29, 1.82) is 0 Å². The molecule has 140 valence electrons. The molecule has 2 N–H and O–H groups in total. The minimum atomic E-state index is -0.262. The van der Waals surface area contributed by atoms with Crippen LogP contribution in [0.5, 0.6) is 11.5 Å². The minimum absolute atomic E-state index is 0.0221. The summed E-state index contributed by atoms with van der Waals surface area (Å²) in [6.07, 6.45) is 2.39. The average Bonchev–Trinajstić information content (AvgIpc) is 3.29. The molecule has 2 fully saturated rings. The normalized spacial score (nSPS) is 24.6. The van der Waals surface area contributed by atoms with Crippen molar-refractivity contribution in [1.82, 2.24) is 10.6 Å². The van der Waals surface area contributed by atoms with E-state index in [1.807, 2.05) is 18.2 Å². The van der Waals surface area contributed by atoms with Gasteiger partial charge in [0.25, 0.3) is 0 Å². The third-order valence-corrected chi connectivity index (χ3v) is 4.81. The number of hydrogen-bond acceptors (Lipinski definition) is 5. The standard InChI is InChI=1S/C18H23N3O5/c22-17-8-12(20-18(23)19-10-14-2-1-5-24-14)11-21(17)13-3-4-15-16(9-13)26-7-6-25-15/h3-4,9,12,14H,1-2,5-8,10-11H2,(H2,19,20,23)/t12-,14+/m0/s1. The van der Waals surface area contributed by atoms with Crippen LogP contribution in [-0.4, -0.2) is 57.0 Å². The van der Waals surface area contributed by atoms with Crippen LogP contribution in [0.25, 0.3) is 0 Å². The zero-order chi connectivity index (χ0) is 17.9. The molecular weight excluding hydrogens is 338 g/mol. The van der Waals surface area contributed by atoms with Gasteiger partial charge >= 0.3 is 6.03 Å². The first-order valence-corrected chi connectivity index (χ1v) is 9.05. The summed E-state index contributed by atoms with van der Waals surface area (Å²) in [4.78, 5) is 26.1. The second kappa shape index (κ2) is 7.41. The zero-order valence-electron chi connectivity index (χ0n) is 14.5. The molecule has 0 aromatic heterocycles. The van der Waals surface area contributed by atoms with E-state index in [0.717, 1.165) is 25.1 Å². The van der Waals surface area contributed by atoms with Crippen LogP contribution in [0.2, 0.25) is 0 Å². The van der Waals surface area contributed by atoms with Crippen LogP contribution in [0.4, 0.5) is 10.5 Å². The lowest BCUT2D eigenvalue weighted by Crippen LogP contribution is -2.45. The summed E-state index contributed by atoms with van der Waals surface area (Å²) in [5.41, 5.74) is 0.753. The number of carbonyl (C=O) groups is 2. The first-order chi connectivity index (χ1) is 12.7. The van der Waals surface area contributed by atoms with Gasteiger partial charge in [-0.15, -0.1) is 0 Å². The highest BCUT2D eigenvalue weighted by Crippen LogP contribution is 2.35. The summed E-state index contributed by atoms with van der Waals surface area (Å²) in [7, 11) is 0. The number of amides is 3. The smallest absolute Gasteiger partial charge is 0.315 e. The van der Waals surface area contributed by atoms with Crippen molar-refractivity contribution in [3.63, 3.8) is 0 Å². The SMILES string of the molecule is O=C(NC[C@H]1CCCO1)N[C@H]1CC(=O)N(c2ccc3c(c2)OCCO3)C1. The molecule has 1 aromatic rings. The second-order valence-electron chi connectivity index (χ2n) is 6.72. The number of ether oxygens (including phenoxy) is 3. The monoisotopic (exact) mass is 361 g/mol. The first-order valence-electron chi connectivity index (χ1n) is 9.05. The molecule has 3 amide bonds. The van der Waals surface area contributed by atoms with Gasteiger partial charge in [-0.3, -0.25) is 4.79 Å². The van der Waals surface area contributed by atoms with Crippen molar-refractivity contribution in [3.05, 3.63) is 18.2 Å². The zero-order valence-corrected chi connectivity index (χ0v) is 14.5. The van der Waals surface area contributed by atoms with Gasteiger partial charge in [0.1, 0.15) is 13.2 Å². The lowest BCUT2D eigenvalue weighted by atomic mass is 10.2. The van der Waals surface area contributed by atoms with Crippen LogP contribution in [0.3, 0.4) is 0 Å². The molecule has 0 spiro atoms. The van der Waals surface area contributed by atoms with E-state index >= 15 is 0 Å². The average molecular weight is 361 g/mol. The molecule has 2 atom stereocenters. The van der Waals surface area contributed by atoms with E-state index < -0.39 is 0 Å². The second-order valence-corrected chi connectivity index (χ2v) is 6.72. The lowest BCUT2D eigenvalue weighted by molar-refractivity contribution is -0.117. The number of benzene rings is 1. The molecule has 3 heterocycles. The number of nitrogens with one attached hydrogen (secondary N) is 2. The Morgan fingerprint density at radius 3 is 2.85 bits per heavy atom. The number of urea groups is 1. The van der Waals surface area contributed by atoms with Gasteiger partial charge in [0, 0.05) is 37.9 Å². The van der Waals surface area contributed by atoms with E-state index in [2.05, 4.69) is 10.6 Å². The van der Waals surface area contributed by atoms with Crippen LogP contribution in [-0.2, 0) is 9.53 Å². The number of carbonyl (C=O) groups excluding carboxylic acids is 2. The largest absolute Gasteiger partial charge is 0.486 e. The Morgan fingerprint density at radius 1 is 1.19 bits per heavy atom. The van der Waals surface area contributed by atoms with E-state index in [0.29, 0.717) is 37.8 Å². The van der Waals surface area contributed by atoms with Crippen molar-refractivity contribution in [2.45, 2.75) is 31.4 Å². The molecule has 1 aromatic carbocycles. The van der Waals surface area contributed by atoms with E-state index in [9.17, 15) is 9.59 Å². The Labute approximate surface area is 151 Å². The molecule has 8 heteroatoms. The van der Waals surface area contributed by atoms with E-state index in [-0.39, 0.29) is 30.5 Å². The van der Waals surface area contributed by atoms with Crippen molar-refractivity contribution in [3.8, 4) is 11.5 Å². The van der Waals surface area contributed by atoms with Gasteiger partial charge in [0.2, 0.25) is 5.91 Å². The maximum atomic E-state index is 12.4. The number of rotatable bonds is 4. The van der Waals surface area contributed by atoms with Gasteiger partial charge in [-0.2, -0.15) is 0 Å². The summed E-state index contributed by atoms with van der Waals surface area (Å²) in [6.45, 7) is 2.72. The summed E-state index contributed by atoms with van der Waals surface area (Å²) in [6, 6.07) is 4.98. The Balaban J connectivity index is 1.32. The third-order valence-electron chi connectivity index (χ3n) is 4.81. The maximum Gasteiger partial charge on any atom is 0.315 e. The fourth-order valence-electron chi connectivity index (χ4n) is 3.50. The Morgan fingerprint density at radius 2 is 2.04 bits per heavy atom. The van der Waals surface area contributed by atoms with Crippen molar-refractivity contribution >= 4 is 17.6 Å². The number of hydrogen-bond donors (Lipinski definition) is 2. The topological polar surface area (TPSA) is 89.1 Å². The first kappa shape index (κ1) is 17.0. The summed E-state index contributed by atoms with van der Waals surface area (Å²) in [5.74, 6) is 1.31. The van der Waals surface area contributed by atoms with Gasteiger partial charge in [-0.05, 0) is 25.0 Å². The highest BCUT2D eigenvalue weighted by molar-refractivity contribution is 5.97. The predicted molar refractivity (Wildman–Crippen MR) is 93.7 cm³/mol. The molecular formula is C18H23N3O5. The fraction of sp³-hybridized carbons (Fsp3) is 0.556. The predicted octanol–water partition coefficient (Wildman–Crippen LogP) is 1.04. The highest BCUT2D eigenvalue weighted by Gasteiger charge is 2.32. The lowest BCUT2D eigenvalue weighted by Gasteiger charge is -2.22. The van der Waals surface area contributed by atoms with Crippen molar-refractivity contribution in [2.24, 2.45) is 0 Å². The van der Waals surface area contributed by atoms with Crippen molar-refractivity contribution < 1.29 is 23.8 Å². The Hall–Kier alpha value is -2.48. The van der Waals surface area contributed by atoms with E-state index in [4.69, 9.17) is 14.2 Å². The molecule has 0 saturated carbocycles. The van der Waals surface area contributed by atoms with Crippen LogP contribution >= 0.6 is 0 Å². The summed E-state index contributed by atoms with van der Waals surface area (Å²) in [5, 5.41) is 5.69. The van der Waals surface area contributed by atoms with Crippen LogP contribution in [0.15, 0.2) is 18.2 Å². The van der Waals surface area contributed by atoms with Gasteiger partial charge in [-0.25, -0.2) is 4.79 Å². The number of anilines is 1. The number of fused-ring (bicyclic) bond motifs is 1. The molecule has 0 unspecified atom stereocenters. The fourth-order valence-corrected chi connectivity index (χ4v) is 3.50. The number of nitrogens with zero attached hydrogens (tertiary/aromatic N) is 1. The van der Waals surface area contributed by atoms with Crippen LogP contribution < -0.4 is 25.0 Å². The van der Waals surface area contributed by atoms with Crippen LogP contribution in [0.1, 0.15) is 19.3 Å². The van der Waals surface area contributed by atoms with E-state index in [1.165, 1.54) is 0 Å². The molecule has 4 rings (SSSR count). The maximum absolute atomic E-state index is 12.4. The minimum Gasteiger partial charge on any atom is -0.486 e.